The van der Waals surface area contributed by atoms with E-state index in [2.05, 4.69) is 0 Å². The van der Waals surface area contributed by atoms with Crippen LogP contribution >= 0.6 is 0 Å². The quantitative estimate of drug-likeness (QED) is 0.769. The molecular weight excluding hydrogens is 185 g/mol. The molecule has 2 unspecified atom stereocenters. The summed E-state index contributed by atoms with van der Waals surface area (Å²) in [5.41, 5.74) is 5.88. The first-order valence-corrected chi connectivity index (χ1v) is 4.33. The van der Waals surface area contributed by atoms with Crippen LogP contribution in [0, 0.1) is 5.82 Å². The number of methoxy groups -OCH3 is 1. The lowest BCUT2D eigenvalue weighted by molar-refractivity contribution is 0.162. The number of hydrogen-bond donors (Lipinski definition) is 2. The van der Waals surface area contributed by atoms with Crippen LogP contribution in [-0.4, -0.2) is 18.3 Å². The molecule has 0 spiro atoms. The van der Waals surface area contributed by atoms with Gasteiger partial charge >= 0.3 is 0 Å². The van der Waals surface area contributed by atoms with Crippen molar-refractivity contribution in [1.82, 2.24) is 0 Å². The summed E-state index contributed by atoms with van der Waals surface area (Å²) in [6, 6.07) is 3.54. The lowest BCUT2D eigenvalue weighted by Gasteiger charge is -2.16. The maximum Gasteiger partial charge on any atom is 0.128 e. The molecule has 14 heavy (non-hydrogen) atoms. The van der Waals surface area contributed by atoms with Gasteiger partial charge in [0.05, 0.1) is 19.3 Å². The van der Waals surface area contributed by atoms with E-state index in [-0.39, 0.29) is 5.56 Å². The highest BCUT2D eigenvalue weighted by Crippen LogP contribution is 2.22. The second-order valence-corrected chi connectivity index (χ2v) is 3.15. The van der Waals surface area contributed by atoms with Crippen LogP contribution in [-0.2, 0) is 0 Å². The van der Waals surface area contributed by atoms with Crippen LogP contribution in [0.2, 0.25) is 0 Å². The van der Waals surface area contributed by atoms with Crippen LogP contribution in [0.15, 0.2) is 18.2 Å². The molecule has 0 bridgehead atoms. The lowest BCUT2D eigenvalue weighted by Crippen LogP contribution is -2.24. The molecule has 2 atom stereocenters. The summed E-state index contributed by atoms with van der Waals surface area (Å²) in [6.45, 7) is 1.52. The fourth-order valence-corrected chi connectivity index (χ4v) is 1.16. The van der Waals surface area contributed by atoms with Gasteiger partial charge in [-0.15, -0.1) is 0 Å². The molecule has 1 aromatic rings. The van der Waals surface area contributed by atoms with Crippen molar-refractivity contribution in [3.63, 3.8) is 0 Å². The van der Waals surface area contributed by atoms with E-state index >= 15 is 0 Å². The maximum absolute atomic E-state index is 13.3. The summed E-state index contributed by atoms with van der Waals surface area (Å²) >= 11 is 0. The van der Waals surface area contributed by atoms with Crippen molar-refractivity contribution in [2.24, 2.45) is 5.73 Å². The average Bonchev–Trinajstić information content (AvgIpc) is 2.17. The maximum atomic E-state index is 13.3. The molecule has 0 aliphatic heterocycles. The Morgan fingerprint density at radius 2 is 2.14 bits per heavy atom. The SMILES string of the molecule is COc1ccc(F)c(C(N)C(C)O)c1. The van der Waals surface area contributed by atoms with Gasteiger partial charge in [-0.2, -0.15) is 0 Å². The second-order valence-electron chi connectivity index (χ2n) is 3.15. The van der Waals surface area contributed by atoms with Crippen molar-refractivity contribution in [3.8, 4) is 5.75 Å². The minimum Gasteiger partial charge on any atom is -0.497 e. The van der Waals surface area contributed by atoms with Crippen molar-refractivity contribution in [3.05, 3.63) is 29.6 Å². The first kappa shape index (κ1) is 10.9. The Labute approximate surface area is 82.3 Å². The molecule has 0 heterocycles. The Balaban J connectivity index is 3.05. The largest absolute Gasteiger partial charge is 0.497 e. The zero-order valence-corrected chi connectivity index (χ0v) is 8.20. The van der Waals surface area contributed by atoms with Gasteiger partial charge in [0, 0.05) is 5.56 Å². The van der Waals surface area contributed by atoms with E-state index in [1.54, 1.807) is 0 Å². The summed E-state index contributed by atoms with van der Waals surface area (Å²) in [6.07, 6.45) is -0.795. The summed E-state index contributed by atoms with van der Waals surface area (Å²) in [5, 5.41) is 9.23. The van der Waals surface area contributed by atoms with E-state index in [1.807, 2.05) is 0 Å². The number of halogens is 1. The molecule has 4 heteroatoms. The standard InChI is InChI=1S/C10H14FNO2/c1-6(13)10(12)8-5-7(14-2)3-4-9(8)11/h3-6,10,13H,12H2,1-2H3. The van der Waals surface area contributed by atoms with Crippen molar-refractivity contribution in [2.45, 2.75) is 19.1 Å². The molecule has 0 radical (unpaired) electrons. The zero-order chi connectivity index (χ0) is 10.7. The Morgan fingerprint density at radius 3 is 2.64 bits per heavy atom. The highest BCUT2D eigenvalue weighted by atomic mass is 19.1. The van der Waals surface area contributed by atoms with Gasteiger partial charge in [-0.25, -0.2) is 4.39 Å². The Kier molecular flexibility index (Phi) is 3.43. The third kappa shape index (κ3) is 2.21. The molecule has 3 N–H and O–H groups in total. The van der Waals surface area contributed by atoms with Gasteiger partial charge in [0.25, 0.3) is 0 Å². The van der Waals surface area contributed by atoms with Gasteiger partial charge in [0.15, 0.2) is 0 Å². The molecule has 0 fully saturated rings. The second kappa shape index (κ2) is 4.39. The van der Waals surface area contributed by atoms with Gasteiger partial charge in [0.1, 0.15) is 11.6 Å². The highest BCUT2D eigenvalue weighted by molar-refractivity contribution is 5.32. The predicted molar refractivity (Wildman–Crippen MR) is 51.6 cm³/mol. The van der Waals surface area contributed by atoms with E-state index < -0.39 is 18.0 Å². The molecule has 3 nitrogen and oxygen atoms in total. The number of benzene rings is 1. The summed E-state index contributed by atoms with van der Waals surface area (Å²) in [7, 11) is 1.49. The Hall–Kier alpha value is -1.13. The van der Waals surface area contributed by atoms with Crippen LogP contribution < -0.4 is 10.5 Å². The van der Waals surface area contributed by atoms with Gasteiger partial charge in [-0.3, -0.25) is 0 Å². The molecule has 1 rings (SSSR count). The number of nitrogens with two attached hydrogens (primary N) is 1. The van der Waals surface area contributed by atoms with Gasteiger partial charge < -0.3 is 15.6 Å². The van der Waals surface area contributed by atoms with Crippen molar-refractivity contribution >= 4 is 0 Å². The van der Waals surface area contributed by atoms with Crippen molar-refractivity contribution < 1.29 is 14.2 Å². The number of aliphatic hydroxyl groups is 1. The minimum absolute atomic E-state index is 0.263. The molecule has 0 saturated carbocycles. The number of rotatable bonds is 3. The number of hydrogen-bond acceptors (Lipinski definition) is 3. The molecule has 0 saturated heterocycles. The van der Waals surface area contributed by atoms with E-state index in [4.69, 9.17) is 10.5 Å². The smallest absolute Gasteiger partial charge is 0.128 e. The number of aliphatic hydroxyl groups excluding tert-OH is 1. The van der Waals surface area contributed by atoms with E-state index in [0.29, 0.717) is 5.75 Å². The van der Waals surface area contributed by atoms with Crippen molar-refractivity contribution in [2.75, 3.05) is 7.11 Å². The first-order chi connectivity index (χ1) is 6.56. The van der Waals surface area contributed by atoms with Crippen LogP contribution in [0.5, 0.6) is 5.75 Å². The fourth-order valence-electron chi connectivity index (χ4n) is 1.16. The molecule has 0 aliphatic rings. The average molecular weight is 199 g/mol. The molecule has 78 valence electrons. The van der Waals surface area contributed by atoms with Gasteiger partial charge in [-0.05, 0) is 25.1 Å². The van der Waals surface area contributed by atoms with Crippen LogP contribution in [0.3, 0.4) is 0 Å². The lowest BCUT2D eigenvalue weighted by atomic mass is 10.0. The van der Waals surface area contributed by atoms with E-state index in [9.17, 15) is 9.50 Å². The molecule has 0 amide bonds. The van der Waals surface area contributed by atoms with Crippen LogP contribution in [0.1, 0.15) is 18.5 Å². The molecule has 0 aromatic heterocycles. The normalized spacial score (nSPS) is 14.9. The number of ether oxygens (including phenoxy) is 1. The molecule has 0 aliphatic carbocycles. The van der Waals surface area contributed by atoms with E-state index in [0.717, 1.165) is 0 Å². The third-order valence-corrected chi connectivity index (χ3v) is 2.08. The van der Waals surface area contributed by atoms with Crippen molar-refractivity contribution in [1.29, 1.82) is 0 Å². The van der Waals surface area contributed by atoms with Crippen LogP contribution in [0.4, 0.5) is 4.39 Å². The fraction of sp³-hybridized carbons (Fsp3) is 0.400. The van der Waals surface area contributed by atoms with E-state index in [1.165, 1.54) is 32.2 Å². The first-order valence-electron chi connectivity index (χ1n) is 4.33. The molecule has 1 aromatic carbocycles. The van der Waals surface area contributed by atoms with Crippen LogP contribution in [0.25, 0.3) is 0 Å². The third-order valence-electron chi connectivity index (χ3n) is 2.08. The minimum atomic E-state index is -0.795. The highest BCUT2D eigenvalue weighted by Gasteiger charge is 2.16. The monoisotopic (exact) mass is 199 g/mol. The Morgan fingerprint density at radius 1 is 1.50 bits per heavy atom. The zero-order valence-electron chi connectivity index (χ0n) is 8.20. The van der Waals surface area contributed by atoms with Gasteiger partial charge in [0.2, 0.25) is 0 Å². The summed E-state index contributed by atoms with van der Waals surface area (Å²) in [4.78, 5) is 0. The van der Waals surface area contributed by atoms with Gasteiger partial charge in [-0.1, -0.05) is 0 Å². The summed E-state index contributed by atoms with van der Waals surface area (Å²) < 4.78 is 18.2. The molecular formula is C10H14FNO2. The topological polar surface area (TPSA) is 55.5 Å². The predicted octanol–water partition coefficient (Wildman–Crippen LogP) is 1.21. The summed E-state index contributed by atoms with van der Waals surface area (Å²) in [5.74, 6) is 0.0942. The Bertz CT molecular complexity index is 315.